The lowest BCUT2D eigenvalue weighted by Crippen LogP contribution is -3.14. The molecule has 1 aromatic rings. The van der Waals surface area contributed by atoms with E-state index in [-0.39, 0.29) is 5.91 Å². The third-order valence-corrected chi connectivity index (χ3v) is 4.78. The highest BCUT2D eigenvalue weighted by Gasteiger charge is 2.13. The first-order valence-electron chi connectivity index (χ1n) is 7.94. The van der Waals surface area contributed by atoms with Gasteiger partial charge in [0, 0.05) is 16.6 Å². The van der Waals surface area contributed by atoms with Crippen LogP contribution in [0.3, 0.4) is 0 Å². The van der Waals surface area contributed by atoms with Crippen molar-refractivity contribution in [2.45, 2.75) is 13.3 Å². The van der Waals surface area contributed by atoms with Crippen LogP contribution in [0.25, 0.3) is 0 Å². The van der Waals surface area contributed by atoms with Gasteiger partial charge < -0.3 is 20.3 Å². The molecule has 0 atom stereocenters. The number of ether oxygens (including phenoxy) is 1. The third kappa shape index (κ3) is 6.04. The molecule has 4 N–H and O–H groups in total. The number of hydrogen-bond acceptors (Lipinski definition) is 2. The number of anilines is 1. The lowest BCUT2D eigenvalue weighted by molar-refractivity contribution is -0.909. The second-order valence-electron chi connectivity index (χ2n) is 5.76. The van der Waals surface area contributed by atoms with E-state index >= 15 is 0 Å². The Labute approximate surface area is 140 Å². The minimum absolute atomic E-state index is 0.0504. The van der Waals surface area contributed by atoms with Gasteiger partial charge in [-0.25, -0.2) is 0 Å². The van der Waals surface area contributed by atoms with Crippen LogP contribution in [0.5, 0.6) is 0 Å². The van der Waals surface area contributed by atoms with Crippen LogP contribution in [0.4, 0.5) is 5.69 Å². The van der Waals surface area contributed by atoms with Crippen LogP contribution >= 0.6 is 15.9 Å². The van der Waals surface area contributed by atoms with Gasteiger partial charge in [-0.1, -0.05) is 22.0 Å². The smallest absolute Gasteiger partial charge is 0.279 e. The third-order valence-electron chi connectivity index (χ3n) is 3.92. The van der Waals surface area contributed by atoms with Crippen LogP contribution in [0.15, 0.2) is 22.7 Å². The van der Waals surface area contributed by atoms with Gasteiger partial charge in [0.05, 0.1) is 26.3 Å². The highest BCUT2D eigenvalue weighted by molar-refractivity contribution is 9.10. The largest absolute Gasteiger partial charge is 0.370 e. The SMILES string of the molecule is Cc1ccc(NC(=O)C[NH2+]CCC[NH+]2CCOCC2)cc1Br. The number of rotatable bonds is 7. The Kier molecular flexibility index (Phi) is 7.32. The number of carbonyl (C=O) groups excluding carboxylic acids is 1. The summed E-state index contributed by atoms with van der Waals surface area (Å²) in [5.74, 6) is 0.0504. The van der Waals surface area contributed by atoms with Gasteiger partial charge in [-0.05, 0) is 24.6 Å². The van der Waals surface area contributed by atoms with Crippen molar-refractivity contribution in [1.82, 2.24) is 0 Å². The van der Waals surface area contributed by atoms with Gasteiger partial charge >= 0.3 is 0 Å². The molecule has 0 unspecified atom stereocenters. The lowest BCUT2D eigenvalue weighted by Gasteiger charge is -2.23. The Hall–Kier alpha value is -0.950. The lowest BCUT2D eigenvalue weighted by atomic mass is 10.2. The molecule has 0 spiro atoms. The van der Waals surface area contributed by atoms with Gasteiger partial charge in [-0.15, -0.1) is 0 Å². The normalized spacial score (nSPS) is 15.7. The first-order valence-corrected chi connectivity index (χ1v) is 8.73. The molecule has 1 fully saturated rings. The molecular weight excluding hydrogens is 346 g/mol. The van der Waals surface area contributed by atoms with Crippen LogP contribution in [0.2, 0.25) is 0 Å². The van der Waals surface area contributed by atoms with E-state index in [1.807, 2.05) is 25.1 Å². The van der Waals surface area contributed by atoms with Crippen molar-refractivity contribution in [1.29, 1.82) is 0 Å². The van der Waals surface area contributed by atoms with Crippen molar-refractivity contribution in [3.8, 4) is 0 Å². The number of aryl methyl sites for hydroxylation is 1. The minimum Gasteiger partial charge on any atom is -0.370 e. The predicted octanol–water partition coefficient (Wildman–Crippen LogP) is -0.435. The van der Waals surface area contributed by atoms with Crippen LogP contribution in [-0.4, -0.2) is 51.8 Å². The maximum absolute atomic E-state index is 11.9. The fourth-order valence-electron chi connectivity index (χ4n) is 2.52. The zero-order valence-corrected chi connectivity index (χ0v) is 14.7. The van der Waals surface area contributed by atoms with E-state index in [1.165, 1.54) is 6.54 Å². The van der Waals surface area contributed by atoms with E-state index in [0.29, 0.717) is 6.54 Å². The fourth-order valence-corrected chi connectivity index (χ4v) is 2.90. The first-order chi connectivity index (χ1) is 10.6. The van der Waals surface area contributed by atoms with Gasteiger partial charge in [0.2, 0.25) is 0 Å². The quantitative estimate of drug-likeness (QED) is 0.569. The van der Waals surface area contributed by atoms with Crippen LogP contribution in [0, 0.1) is 6.92 Å². The molecule has 1 aliphatic rings. The summed E-state index contributed by atoms with van der Waals surface area (Å²) < 4.78 is 6.36. The van der Waals surface area contributed by atoms with Crippen molar-refractivity contribution in [3.63, 3.8) is 0 Å². The topological polar surface area (TPSA) is 59.4 Å². The zero-order valence-electron chi connectivity index (χ0n) is 13.2. The van der Waals surface area contributed by atoms with Crippen molar-refractivity contribution < 1.29 is 19.7 Å². The molecule has 1 aliphatic heterocycles. The van der Waals surface area contributed by atoms with Crippen molar-refractivity contribution >= 4 is 27.5 Å². The Morgan fingerprint density at radius 1 is 1.41 bits per heavy atom. The molecule has 0 radical (unpaired) electrons. The number of morpholine rings is 1. The summed E-state index contributed by atoms with van der Waals surface area (Å²) in [6.45, 7) is 8.66. The van der Waals surface area contributed by atoms with Crippen molar-refractivity contribution in [2.75, 3.05) is 51.3 Å². The summed E-state index contributed by atoms with van der Waals surface area (Å²) >= 11 is 3.48. The van der Waals surface area contributed by atoms with Crippen LogP contribution < -0.4 is 15.5 Å². The number of benzene rings is 1. The molecule has 22 heavy (non-hydrogen) atoms. The average molecular weight is 372 g/mol. The second kappa shape index (κ2) is 9.25. The van der Waals surface area contributed by atoms with E-state index in [9.17, 15) is 4.79 Å². The molecule has 1 aromatic carbocycles. The number of carbonyl (C=O) groups is 1. The van der Waals surface area contributed by atoms with E-state index in [4.69, 9.17) is 4.74 Å². The molecular formula is C16H26BrN3O2+2. The molecule has 0 bridgehead atoms. The van der Waals surface area contributed by atoms with E-state index in [2.05, 4.69) is 26.6 Å². The fraction of sp³-hybridized carbons (Fsp3) is 0.562. The zero-order chi connectivity index (χ0) is 15.8. The highest BCUT2D eigenvalue weighted by Crippen LogP contribution is 2.20. The Bertz CT molecular complexity index is 490. The molecule has 1 heterocycles. The van der Waals surface area contributed by atoms with Crippen LogP contribution in [-0.2, 0) is 9.53 Å². The monoisotopic (exact) mass is 371 g/mol. The van der Waals surface area contributed by atoms with Crippen LogP contribution in [0.1, 0.15) is 12.0 Å². The molecule has 0 saturated carbocycles. The number of quaternary nitrogens is 2. The van der Waals surface area contributed by atoms with Gasteiger partial charge in [0.15, 0.2) is 6.54 Å². The summed E-state index contributed by atoms with van der Waals surface area (Å²) in [6.07, 6.45) is 1.14. The summed E-state index contributed by atoms with van der Waals surface area (Å²) in [5.41, 5.74) is 2.00. The first kappa shape index (κ1) is 17.4. The maximum Gasteiger partial charge on any atom is 0.279 e. The summed E-state index contributed by atoms with van der Waals surface area (Å²) in [6, 6.07) is 5.86. The standard InChI is InChI=1S/C16H24BrN3O2/c1-13-3-4-14(11-15(13)17)19-16(21)12-18-5-2-6-20-7-9-22-10-8-20/h3-4,11,18H,2,5-10,12H2,1H3,(H,19,21)/p+2. The number of amides is 1. The number of nitrogens with one attached hydrogen (secondary N) is 2. The summed E-state index contributed by atoms with van der Waals surface area (Å²) in [5, 5.41) is 5.01. The van der Waals surface area contributed by atoms with Gasteiger partial charge in [-0.3, -0.25) is 4.79 Å². The van der Waals surface area contributed by atoms with E-state index in [0.717, 1.165) is 55.0 Å². The molecule has 1 amide bonds. The van der Waals surface area contributed by atoms with Gasteiger partial charge in [0.1, 0.15) is 13.1 Å². The van der Waals surface area contributed by atoms with Crippen molar-refractivity contribution in [3.05, 3.63) is 28.2 Å². The molecule has 5 nitrogen and oxygen atoms in total. The molecule has 6 heteroatoms. The van der Waals surface area contributed by atoms with E-state index in [1.54, 1.807) is 4.90 Å². The summed E-state index contributed by atoms with van der Waals surface area (Å²) in [4.78, 5) is 13.5. The van der Waals surface area contributed by atoms with Gasteiger partial charge in [-0.2, -0.15) is 0 Å². The molecule has 122 valence electrons. The summed E-state index contributed by atoms with van der Waals surface area (Å²) in [7, 11) is 0. The predicted molar refractivity (Wildman–Crippen MR) is 90.2 cm³/mol. The maximum atomic E-state index is 11.9. The number of hydrogen-bond donors (Lipinski definition) is 3. The molecule has 2 rings (SSSR count). The Morgan fingerprint density at radius 2 is 2.18 bits per heavy atom. The Morgan fingerprint density at radius 3 is 2.91 bits per heavy atom. The Balaban J connectivity index is 1.58. The second-order valence-corrected chi connectivity index (χ2v) is 6.61. The van der Waals surface area contributed by atoms with E-state index < -0.39 is 0 Å². The molecule has 0 aromatic heterocycles. The van der Waals surface area contributed by atoms with Gasteiger partial charge in [0.25, 0.3) is 5.91 Å². The van der Waals surface area contributed by atoms with Crippen molar-refractivity contribution in [2.24, 2.45) is 0 Å². The minimum atomic E-state index is 0.0504. The average Bonchev–Trinajstić information content (AvgIpc) is 2.52. The molecule has 1 saturated heterocycles. The number of halogens is 1. The number of nitrogens with two attached hydrogens (primary N) is 1. The highest BCUT2D eigenvalue weighted by atomic mass is 79.9. The molecule has 0 aliphatic carbocycles.